The maximum Gasteiger partial charge on any atom is 0.255 e. The highest BCUT2D eigenvalue weighted by Gasteiger charge is 2.22. The predicted molar refractivity (Wildman–Crippen MR) is 118 cm³/mol. The first kappa shape index (κ1) is 19.4. The lowest BCUT2D eigenvalue weighted by atomic mass is 9.98. The van der Waals surface area contributed by atoms with Gasteiger partial charge in [0.25, 0.3) is 5.56 Å². The van der Waals surface area contributed by atoms with Crippen molar-refractivity contribution in [2.75, 3.05) is 13.2 Å². The van der Waals surface area contributed by atoms with E-state index >= 15 is 0 Å². The van der Waals surface area contributed by atoms with Crippen LogP contribution >= 0.6 is 0 Å². The van der Waals surface area contributed by atoms with Crippen molar-refractivity contribution >= 4 is 10.9 Å². The average molecular weight is 408 g/mol. The smallest absolute Gasteiger partial charge is 0.255 e. The van der Waals surface area contributed by atoms with Crippen LogP contribution in [-0.2, 0) is 31.2 Å². The zero-order valence-corrected chi connectivity index (χ0v) is 17.7. The summed E-state index contributed by atoms with van der Waals surface area (Å²) in [5, 5.41) is 15.3. The molecule has 0 radical (unpaired) electrons. The normalized spacial score (nSPS) is 18.4. The summed E-state index contributed by atoms with van der Waals surface area (Å²) in [6.45, 7) is 4.23. The van der Waals surface area contributed by atoms with Crippen LogP contribution in [0, 0.1) is 6.92 Å². The van der Waals surface area contributed by atoms with Crippen molar-refractivity contribution in [2.24, 2.45) is 7.05 Å². The Morgan fingerprint density at radius 2 is 2.13 bits per heavy atom. The minimum absolute atomic E-state index is 0.147. The van der Waals surface area contributed by atoms with Crippen LogP contribution in [0.15, 0.2) is 23.0 Å². The summed E-state index contributed by atoms with van der Waals surface area (Å²) in [6, 6.07) is 6.64. The van der Waals surface area contributed by atoms with E-state index in [2.05, 4.69) is 40.1 Å². The molecule has 2 aliphatic rings. The highest BCUT2D eigenvalue weighted by Crippen LogP contribution is 2.38. The van der Waals surface area contributed by atoms with E-state index in [9.17, 15) is 9.90 Å². The molecule has 1 fully saturated rings. The number of benzene rings is 1. The zero-order valence-electron chi connectivity index (χ0n) is 17.7. The molecule has 1 aromatic carbocycles. The van der Waals surface area contributed by atoms with E-state index in [1.165, 1.54) is 16.8 Å². The van der Waals surface area contributed by atoms with E-state index in [0.717, 1.165) is 74.0 Å². The first-order valence-corrected chi connectivity index (χ1v) is 10.9. The van der Waals surface area contributed by atoms with Crippen molar-refractivity contribution in [2.45, 2.75) is 51.7 Å². The summed E-state index contributed by atoms with van der Waals surface area (Å²) in [6.07, 6.45) is 5.27. The van der Waals surface area contributed by atoms with Gasteiger partial charge in [-0.3, -0.25) is 4.79 Å². The molecule has 1 atom stereocenters. The third kappa shape index (κ3) is 3.24. The fourth-order valence-corrected chi connectivity index (χ4v) is 4.93. The third-order valence-electron chi connectivity index (χ3n) is 6.73. The monoisotopic (exact) mass is 407 g/mol. The Morgan fingerprint density at radius 3 is 2.93 bits per heavy atom. The third-order valence-corrected chi connectivity index (χ3v) is 6.73. The Morgan fingerprint density at radius 1 is 1.27 bits per heavy atom. The molecule has 6 heteroatoms. The zero-order chi connectivity index (χ0) is 20.8. The number of aromatic hydroxyl groups is 1. The number of pyridine rings is 1. The number of fused-ring (bicyclic) bond motifs is 4. The van der Waals surface area contributed by atoms with Gasteiger partial charge in [-0.05, 0) is 62.8 Å². The first-order chi connectivity index (χ1) is 14.5. The van der Waals surface area contributed by atoms with Crippen molar-refractivity contribution in [1.82, 2.24) is 14.9 Å². The van der Waals surface area contributed by atoms with Gasteiger partial charge in [0.1, 0.15) is 5.75 Å². The van der Waals surface area contributed by atoms with Crippen molar-refractivity contribution in [1.29, 1.82) is 0 Å². The van der Waals surface area contributed by atoms with Crippen LogP contribution in [0.4, 0.5) is 0 Å². The van der Waals surface area contributed by atoms with E-state index in [-0.39, 0.29) is 11.3 Å². The molecule has 1 unspecified atom stereocenters. The summed E-state index contributed by atoms with van der Waals surface area (Å²) in [5.41, 5.74) is 6.50. The lowest BCUT2D eigenvalue weighted by molar-refractivity contribution is 0.110. The molecule has 0 amide bonds. The van der Waals surface area contributed by atoms with Gasteiger partial charge in [-0.1, -0.05) is 0 Å². The first-order valence-electron chi connectivity index (χ1n) is 10.9. The quantitative estimate of drug-likeness (QED) is 0.620. The van der Waals surface area contributed by atoms with Gasteiger partial charge in [-0.25, -0.2) is 0 Å². The number of rotatable bonds is 4. The van der Waals surface area contributed by atoms with Gasteiger partial charge in [-0.15, -0.1) is 0 Å². The number of nitrogens with one attached hydrogen (secondary N) is 2. The fraction of sp³-hybridized carbons (Fsp3) is 0.458. The maximum atomic E-state index is 12.3. The summed E-state index contributed by atoms with van der Waals surface area (Å²) in [5.74, 6) is 0.147. The van der Waals surface area contributed by atoms with E-state index in [4.69, 9.17) is 4.74 Å². The highest BCUT2D eigenvalue weighted by atomic mass is 16.5. The number of aryl methyl sites for hydroxylation is 2. The van der Waals surface area contributed by atoms with Gasteiger partial charge in [0, 0.05) is 54.5 Å². The SMILES string of the molecule is Cc1c(O)c2c([nH]c1=O)-c1cc3cc(CNCC4CCCO4)n(C)c3cc1CCC2. The standard InChI is InChI=1S/C24H29N3O3/c1-14-23(28)19-7-3-5-15-11-21-16(10-20(15)22(19)26-24(14)29)9-17(27(21)2)12-25-13-18-6-4-8-30-18/h9-11,18,25H,3-8,12-13H2,1-2H3,(H2,26,28,29). The van der Waals surface area contributed by atoms with E-state index in [0.29, 0.717) is 11.7 Å². The van der Waals surface area contributed by atoms with Crippen LogP contribution in [-0.4, -0.2) is 33.9 Å². The molecule has 1 aliphatic carbocycles. The summed E-state index contributed by atoms with van der Waals surface area (Å²) >= 11 is 0. The van der Waals surface area contributed by atoms with E-state index < -0.39 is 0 Å². The minimum atomic E-state index is -0.216. The van der Waals surface area contributed by atoms with Crippen molar-refractivity contribution < 1.29 is 9.84 Å². The van der Waals surface area contributed by atoms with Gasteiger partial charge in [0.15, 0.2) is 0 Å². The lowest BCUT2D eigenvalue weighted by Crippen LogP contribution is -2.26. The molecule has 158 valence electrons. The van der Waals surface area contributed by atoms with Crippen LogP contribution in [0.1, 0.15) is 41.6 Å². The van der Waals surface area contributed by atoms with Gasteiger partial charge < -0.3 is 24.7 Å². The molecule has 1 aliphatic heterocycles. The summed E-state index contributed by atoms with van der Waals surface area (Å²) < 4.78 is 7.95. The molecule has 5 rings (SSSR count). The second-order valence-corrected chi connectivity index (χ2v) is 8.66. The fourth-order valence-electron chi connectivity index (χ4n) is 4.93. The average Bonchev–Trinajstić information content (AvgIpc) is 3.31. The molecule has 30 heavy (non-hydrogen) atoms. The molecular formula is C24H29N3O3. The van der Waals surface area contributed by atoms with Crippen LogP contribution in [0.5, 0.6) is 5.75 Å². The van der Waals surface area contributed by atoms with Crippen LogP contribution in [0.2, 0.25) is 0 Å². The summed E-state index contributed by atoms with van der Waals surface area (Å²) in [7, 11) is 2.11. The Bertz CT molecular complexity index is 1170. The highest BCUT2D eigenvalue weighted by molar-refractivity contribution is 5.89. The van der Waals surface area contributed by atoms with Crippen molar-refractivity contribution in [3.8, 4) is 17.0 Å². The predicted octanol–water partition coefficient (Wildman–Crippen LogP) is 3.30. The molecular weight excluding hydrogens is 378 g/mol. The molecule has 0 spiro atoms. The van der Waals surface area contributed by atoms with E-state index in [1.54, 1.807) is 6.92 Å². The maximum absolute atomic E-state index is 12.3. The number of hydrogen-bond donors (Lipinski definition) is 3. The number of aromatic amines is 1. The topological polar surface area (TPSA) is 79.3 Å². The Hall–Kier alpha value is -2.57. The van der Waals surface area contributed by atoms with Gasteiger partial charge >= 0.3 is 0 Å². The van der Waals surface area contributed by atoms with E-state index in [1.807, 2.05) is 0 Å². The molecule has 0 bridgehead atoms. The molecule has 0 saturated carbocycles. The minimum Gasteiger partial charge on any atom is -0.507 e. The number of ether oxygens (including phenoxy) is 1. The summed E-state index contributed by atoms with van der Waals surface area (Å²) in [4.78, 5) is 15.4. The number of H-pyrrole nitrogens is 1. The molecule has 3 heterocycles. The van der Waals surface area contributed by atoms with Crippen LogP contribution in [0.3, 0.4) is 0 Å². The second-order valence-electron chi connectivity index (χ2n) is 8.66. The molecule has 1 saturated heterocycles. The number of aromatic nitrogens is 2. The Kier molecular flexibility index (Phi) is 4.91. The van der Waals surface area contributed by atoms with Gasteiger partial charge in [-0.2, -0.15) is 0 Å². The largest absolute Gasteiger partial charge is 0.507 e. The van der Waals surface area contributed by atoms with Crippen molar-refractivity contribution in [3.63, 3.8) is 0 Å². The van der Waals surface area contributed by atoms with Gasteiger partial charge in [0.05, 0.1) is 17.4 Å². The molecule has 6 nitrogen and oxygen atoms in total. The van der Waals surface area contributed by atoms with Crippen LogP contribution in [0.25, 0.3) is 22.2 Å². The van der Waals surface area contributed by atoms with Crippen molar-refractivity contribution in [3.05, 3.63) is 50.9 Å². The Labute approximate surface area is 175 Å². The lowest BCUT2D eigenvalue weighted by Gasteiger charge is -2.13. The number of hydrogen-bond acceptors (Lipinski definition) is 4. The second kappa shape index (κ2) is 7.60. The molecule has 3 aromatic rings. The molecule has 2 aromatic heterocycles. The van der Waals surface area contributed by atoms with Gasteiger partial charge in [0.2, 0.25) is 0 Å². The van der Waals surface area contributed by atoms with Crippen LogP contribution < -0.4 is 10.9 Å². The molecule has 3 N–H and O–H groups in total. The Balaban J connectivity index is 1.52. The number of nitrogens with zero attached hydrogens (tertiary/aromatic N) is 1.